The van der Waals surface area contributed by atoms with Crippen LogP contribution in [-0.4, -0.2) is 78.7 Å². The quantitative estimate of drug-likeness (QED) is 0.206. The predicted octanol–water partition coefficient (Wildman–Crippen LogP) is 0.997. The predicted molar refractivity (Wildman–Crippen MR) is 179 cm³/mol. The summed E-state index contributed by atoms with van der Waals surface area (Å²) in [6.45, 7) is -1.77. The molecule has 0 atom stereocenters. The van der Waals surface area contributed by atoms with Crippen LogP contribution < -0.4 is 25.2 Å². The lowest BCUT2D eigenvalue weighted by Crippen LogP contribution is -2.32. The van der Waals surface area contributed by atoms with Gasteiger partial charge in [-0.15, -0.1) is 22.7 Å². The average Bonchev–Trinajstić information content (AvgIpc) is 3.68. The zero-order chi connectivity index (χ0) is 34.4. The molecule has 0 unspecified atom stereocenters. The van der Waals surface area contributed by atoms with E-state index in [1.807, 2.05) is 0 Å². The number of hydrogen-bond acceptors (Lipinski definition) is 13. The van der Waals surface area contributed by atoms with Gasteiger partial charge in [-0.2, -0.15) is 8.42 Å². The fourth-order valence-corrected chi connectivity index (χ4v) is 9.82. The number of anilines is 1. The van der Waals surface area contributed by atoms with E-state index in [0.717, 1.165) is 43.6 Å². The number of thioether (sulfide) groups is 2. The Morgan fingerprint density at radius 1 is 0.979 bits per heavy atom. The fraction of sp³-hybridized carbons (Fsp3) is 0.231. The number of fused-ring (bicyclic) bond motifs is 1. The summed E-state index contributed by atoms with van der Waals surface area (Å²) in [6.07, 6.45) is 0.824. The first-order valence-electron chi connectivity index (χ1n) is 13.1. The van der Waals surface area contributed by atoms with Crippen LogP contribution in [0.5, 0.6) is 0 Å². The smallest absolute Gasteiger partial charge is 0.323 e. The Kier molecular flexibility index (Phi) is 9.97. The van der Waals surface area contributed by atoms with Gasteiger partial charge in [0.15, 0.2) is 5.83 Å². The van der Waals surface area contributed by atoms with E-state index >= 15 is 4.39 Å². The first kappa shape index (κ1) is 34.7. The second kappa shape index (κ2) is 13.5. The summed E-state index contributed by atoms with van der Waals surface area (Å²) < 4.78 is 48.7. The van der Waals surface area contributed by atoms with Crippen molar-refractivity contribution in [2.24, 2.45) is 0 Å². The van der Waals surface area contributed by atoms with Crippen LogP contribution in [0.15, 0.2) is 49.6 Å². The Labute approximate surface area is 284 Å². The van der Waals surface area contributed by atoms with E-state index in [2.05, 4.69) is 0 Å². The molecule has 248 valence electrons. The lowest BCUT2D eigenvalue weighted by Gasteiger charge is -2.20. The molecule has 14 nitrogen and oxygen atoms in total. The topological polar surface area (TPSA) is 197 Å². The van der Waals surface area contributed by atoms with Crippen molar-refractivity contribution >= 4 is 107 Å². The first-order chi connectivity index (χ1) is 22.1. The number of allylic oxidation sites excluding steroid dienone is 1. The van der Waals surface area contributed by atoms with Crippen molar-refractivity contribution in [3.8, 4) is 0 Å². The van der Waals surface area contributed by atoms with Gasteiger partial charge < -0.3 is 15.1 Å². The number of amides is 1. The van der Waals surface area contributed by atoms with Crippen molar-refractivity contribution in [3.05, 3.63) is 74.2 Å². The van der Waals surface area contributed by atoms with Crippen molar-refractivity contribution in [1.82, 2.24) is 14.0 Å². The molecule has 2 aromatic heterocycles. The zero-order valence-corrected chi connectivity index (χ0v) is 28.6. The second-order valence-corrected chi connectivity index (χ2v) is 16.1. The zero-order valence-electron chi connectivity index (χ0n) is 23.7. The van der Waals surface area contributed by atoms with Gasteiger partial charge in [0, 0.05) is 18.5 Å². The minimum Gasteiger partial charge on any atom is -0.480 e. The van der Waals surface area contributed by atoms with Crippen molar-refractivity contribution < 1.29 is 42.0 Å². The van der Waals surface area contributed by atoms with E-state index in [1.54, 1.807) is 24.3 Å². The lowest BCUT2D eigenvalue weighted by molar-refractivity contribution is -0.138. The summed E-state index contributed by atoms with van der Waals surface area (Å²) in [5, 5.41) is 19.1. The maximum absolute atomic E-state index is 16.0. The monoisotopic (exact) mass is 760 g/mol. The number of thiazole rings is 2. The van der Waals surface area contributed by atoms with Gasteiger partial charge in [-0.25, -0.2) is 4.39 Å². The summed E-state index contributed by atoms with van der Waals surface area (Å²) in [5.74, 6) is -4.93. The standard InChI is InChI=1S/C26H21FN4O10S6/c1-28-21(37)18(46-26(28)42)25-31(11-17(34)35)22(38)19(45-25)24-30(10-16(32)33)20(36)15(44-24)9-12(27)23-29(7-4-8-47(39,40)41)13-5-2-3-6-14(13)43-23/h2-3,5-6,9H,4,7-8,10-11H2,1H3,(H,32,33)(H,34,35)(H,39,40,41)/b15-9?,23-12?,24-19+,25-18+. The maximum atomic E-state index is 16.0. The van der Waals surface area contributed by atoms with Crippen LogP contribution in [0, 0.1) is 9.20 Å². The Bertz CT molecular complexity index is 2360. The van der Waals surface area contributed by atoms with Gasteiger partial charge in [-0.3, -0.25) is 42.6 Å². The molecule has 2 aliphatic rings. The minimum atomic E-state index is -4.28. The second-order valence-electron chi connectivity index (χ2n) is 9.80. The molecule has 4 heterocycles. The molecular formula is C26H21FN4O10S6. The van der Waals surface area contributed by atoms with Crippen LogP contribution in [0.1, 0.15) is 6.42 Å². The molecule has 1 saturated heterocycles. The number of hydrogen-bond donors (Lipinski definition) is 3. The van der Waals surface area contributed by atoms with Crippen LogP contribution in [0.3, 0.4) is 0 Å². The van der Waals surface area contributed by atoms with Crippen LogP contribution in [0.2, 0.25) is 0 Å². The molecule has 3 N–H and O–H groups in total. The lowest BCUT2D eigenvalue weighted by atomic mass is 10.3. The van der Waals surface area contributed by atoms with Gasteiger partial charge in [-0.05, 0) is 24.6 Å². The number of benzene rings is 1. The van der Waals surface area contributed by atoms with Gasteiger partial charge in [0.05, 0.1) is 16.0 Å². The largest absolute Gasteiger partial charge is 0.480 e. The highest BCUT2D eigenvalue weighted by molar-refractivity contribution is 8.30. The summed E-state index contributed by atoms with van der Waals surface area (Å²) in [6, 6.07) is 6.82. The molecule has 47 heavy (non-hydrogen) atoms. The number of thiocarbonyl (C=S) groups is 1. The number of carboxylic acid groups (broad SMARTS) is 2. The Balaban J connectivity index is 1.76. The third-order valence-electron chi connectivity index (χ3n) is 6.58. The average molecular weight is 761 g/mol. The van der Waals surface area contributed by atoms with E-state index in [9.17, 15) is 42.6 Å². The van der Waals surface area contributed by atoms with Crippen LogP contribution in [0.4, 0.5) is 10.1 Å². The molecule has 0 bridgehead atoms. The number of carbonyl (C=O) groups is 3. The minimum absolute atomic E-state index is 0.00534. The van der Waals surface area contributed by atoms with Crippen LogP contribution >= 0.6 is 58.4 Å². The van der Waals surface area contributed by atoms with Gasteiger partial charge in [0.25, 0.3) is 27.1 Å². The van der Waals surface area contributed by atoms with Crippen molar-refractivity contribution in [3.63, 3.8) is 0 Å². The third-order valence-corrected chi connectivity index (χ3v) is 12.7. The van der Waals surface area contributed by atoms with E-state index in [1.165, 1.54) is 11.9 Å². The summed E-state index contributed by atoms with van der Waals surface area (Å²) in [7, 11) is -2.87. The van der Waals surface area contributed by atoms with E-state index in [4.69, 9.17) is 16.8 Å². The molecule has 3 aromatic rings. The molecule has 1 fully saturated rings. The number of nitrogens with zero attached hydrogens (tertiary/aromatic N) is 4. The molecule has 21 heteroatoms. The number of para-hydroxylation sites is 1. The Hall–Kier alpha value is -3.60. The number of aromatic nitrogens is 2. The number of rotatable bonds is 9. The highest BCUT2D eigenvalue weighted by atomic mass is 32.2. The van der Waals surface area contributed by atoms with Crippen molar-refractivity contribution in [1.29, 1.82) is 0 Å². The summed E-state index contributed by atoms with van der Waals surface area (Å²) >= 11 is 8.30. The molecule has 1 aromatic carbocycles. The molecule has 5 rings (SSSR count). The van der Waals surface area contributed by atoms with Crippen LogP contribution in [-0.2, 0) is 37.6 Å². The van der Waals surface area contributed by atoms with Crippen molar-refractivity contribution in [2.45, 2.75) is 24.4 Å². The molecule has 0 aliphatic carbocycles. The van der Waals surface area contributed by atoms with Gasteiger partial charge in [0.2, 0.25) is 0 Å². The number of carboxylic acids is 2. The Morgan fingerprint density at radius 3 is 2.21 bits per heavy atom. The molecule has 1 amide bonds. The normalized spacial score (nSPS) is 18.3. The van der Waals surface area contributed by atoms with E-state index < -0.39 is 63.8 Å². The Morgan fingerprint density at radius 2 is 1.62 bits per heavy atom. The van der Waals surface area contributed by atoms with Gasteiger partial charge in [0.1, 0.15) is 41.2 Å². The third kappa shape index (κ3) is 7.15. The fourth-order valence-electron chi connectivity index (χ4n) is 4.55. The summed E-state index contributed by atoms with van der Waals surface area (Å²) in [4.78, 5) is 66.6. The van der Waals surface area contributed by atoms with Crippen LogP contribution in [0.25, 0.3) is 11.0 Å². The number of aliphatic carboxylic acids is 2. The molecule has 0 saturated carbocycles. The summed E-state index contributed by atoms with van der Waals surface area (Å²) in [5.41, 5.74) is -1.29. The SMILES string of the molecule is CN1C(=O)/C(=c2\s/c(=c3/sc(=CC(F)=C4Sc5ccccc5N4CCCS(=O)(=O)O)c(=O)n3CC(=O)O)c(=O)n2CC(=O)O)SC1=S. The number of carbonyl (C=O) groups excluding carboxylic acids is 1. The van der Waals surface area contributed by atoms with E-state index in [0.29, 0.717) is 33.3 Å². The molecule has 2 aliphatic heterocycles. The highest BCUT2D eigenvalue weighted by Gasteiger charge is 2.32. The number of halogens is 1. The van der Waals surface area contributed by atoms with Gasteiger partial charge >= 0.3 is 11.9 Å². The maximum Gasteiger partial charge on any atom is 0.323 e. The van der Waals surface area contributed by atoms with Gasteiger partial charge in [-0.1, -0.05) is 47.9 Å². The highest BCUT2D eigenvalue weighted by Crippen LogP contribution is 2.47. The van der Waals surface area contributed by atoms with E-state index in [-0.39, 0.29) is 45.6 Å². The molecule has 0 radical (unpaired) electrons. The first-order valence-corrected chi connectivity index (χ1v) is 18.4. The molecular weight excluding hydrogens is 740 g/mol. The molecule has 0 spiro atoms. The van der Waals surface area contributed by atoms with Crippen molar-refractivity contribution in [2.75, 3.05) is 24.2 Å².